The summed E-state index contributed by atoms with van der Waals surface area (Å²) in [6, 6.07) is 3.01. The second-order valence-corrected chi connectivity index (χ2v) is 4.00. The molecule has 2 aromatic rings. The van der Waals surface area contributed by atoms with Gasteiger partial charge in [0.25, 0.3) is 0 Å². The molecule has 4 nitrogen and oxygen atoms in total. The van der Waals surface area contributed by atoms with Crippen molar-refractivity contribution in [3.63, 3.8) is 0 Å². The minimum atomic E-state index is -0.696. The van der Waals surface area contributed by atoms with Gasteiger partial charge in [-0.2, -0.15) is 0 Å². The molecule has 0 bridgehead atoms. The summed E-state index contributed by atoms with van der Waals surface area (Å²) in [4.78, 5) is 0. The van der Waals surface area contributed by atoms with E-state index in [1.54, 1.807) is 6.92 Å². The Labute approximate surface area is 101 Å². The number of hydrogen-bond acceptors (Lipinski definition) is 4. The van der Waals surface area contributed by atoms with Gasteiger partial charge in [0, 0.05) is 11.8 Å². The Balaban J connectivity index is 2.19. The average Bonchev–Trinajstić information content (AvgIpc) is 2.64. The van der Waals surface area contributed by atoms with Crippen LogP contribution < -0.4 is 5.32 Å². The van der Waals surface area contributed by atoms with Crippen molar-refractivity contribution in [2.45, 2.75) is 12.3 Å². The van der Waals surface area contributed by atoms with Gasteiger partial charge in [-0.25, -0.2) is 8.78 Å². The van der Waals surface area contributed by atoms with Crippen LogP contribution in [0.15, 0.2) is 22.6 Å². The number of hydrogen-bond donors (Lipinski definition) is 1. The molecule has 1 N–H and O–H groups in total. The first-order chi connectivity index (χ1) is 8.04. The summed E-state index contributed by atoms with van der Waals surface area (Å²) in [6.07, 6.45) is 0. The zero-order valence-corrected chi connectivity index (χ0v) is 9.50. The van der Waals surface area contributed by atoms with Crippen LogP contribution in [0.5, 0.6) is 0 Å². The molecule has 0 radical (unpaired) electrons. The highest BCUT2D eigenvalue weighted by Crippen LogP contribution is 2.22. The fraction of sp³-hybridized carbons (Fsp3) is 0.200. The Morgan fingerprint density at radius 1 is 1.24 bits per heavy atom. The lowest BCUT2D eigenvalue weighted by atomic mass is 10.3. The number of rotatable bonds is 3. The SMILES string of the molecule is CC(Cl)c1nnc(Nc2cc(F)cc(F)c2)o1. The summed E-state index contributed by atoms with van der Waals surface area (Å²) in [5.74, 6) is -1.16. The lowest BCUT2D eigenvalue weighted by Gasteiger charge is -2.01. The van der Waals surface area contributed by atoms with Gasteiger partial charge in [0.1, 0.15) is 17.0 Å². The normalized spacial score (nSPS) is 12.5. The first-order valence-electron chi connectivity index (χ1n) is 4.75. The predicted molar refractivity (Wildman–Crippen MR) is 58.2 cm³/mol. The quantitative estimate of drug-likeness (QED) is 0.859. The molecule has 0 fully saturated rings. The van der Waals surface area contributed by atoms with E-state index in [9.17, 15) is 8.78 Å². The van der Waals surface area contributed by atoms with Crippen LogP contribution in [0.2, 0.25) is 0 Å². The van der Waals surface area contributed by atoms with E-state index in [-0.39, 0.29) is 17.6 Å². The molecule has 0 aliphatic heterocycles. The molecule has 0 saturated carbocycles. The molecule has 0 saturated heterocycles. The Kier molecular flexibility index (Phi) is 3.23. The largest absolute Gasteiger partial charge is 0.406 e. The Morgan fingerprint density at radius 3 is 2.41 bits per heavy atom. The minimum absolute atomic E-state index is 0.0255. The van der Waals surface area contributed by atoms with Crippen molar-refractivity contribution in [3.8, 4) is 0 Å². The van der Waals surface area contributed by atoms with E-state index >= 15 is 0 Å². The van der Waals surface area contributed by atoms with E-state index in [1.807, 2.05) is 0 Å². The van der Waals surface area contributed by atoms with Crippen LogP contribution in [0.3, 0.4) is 0 Å². The number of anilines is 2. The van der Waals surface area contributed by atoms with E-state index in [4.69, 9.17) is 16.0 Å². The van der Waals surface area contributed by atoms with Gasteiger partial charge in [-0.05, 0) is 19.1 Å². The Morgan fingerprint density at radius 2 is 1.88 bits per heavy atom. The molecule has 0 spiro atoms. The second kappa shape index (κ2) is 4.67. The molecular weight excluding hydrogens is 252 g/mol. The first kappa shape index (κ1) is 11.8. The lowest BCUT2D eigenvalue weighted by molar-refractivity contribution is 0.509. The monoisotopic (exact) mass is 259 g/mol. The van der Waals surface area contributed by atoms with Crippen molar-refractivity contribution < 1.29 is 13.2 Å². The van der Waals surface area contributed by atoms with Crippen molar-refractivity contribution in [2.24, 2.45) is 0 Å². The van der Waals surface area contributed by atoms with Gasteiger partial charge in [0.15, 0.2) is 0 Å². The van der Waals surface area contributed by atoms with Gasteiger partial charge >= 0.3 is 6.01 Å². The number of aromatic nitrogens is 2. The molecular formula is C10H8ClF2N3O. The summed E-state index contributed by atoms with van der Waals surface area (Å²) >= 11 is 5.73. The van der Waals surface area contributed by atoms with E-state index in [0.29, 0.717) is 0 Å². The van der Waals surface area contributed by atoms with Crippen LogP contribution in [0, 0.1) is 11.6 Å². The zero-order chi connectivity index (χ0) is 12.4. The number of halogens is 3. The third-order valence-corrected chi connectivity index (χ3v) is 2.08. The molecule has 1 atom stereocenters. The van der Waals surface area contributed by atoms with Gasteiger partial charge in [-0.15, -0.1) is 16.7 Å². The van der Waals surface area contributed by atoms with Crippen LogP contribution in [0.1, 0.15) is 18.2 Å². The molecule has 7 heteroatoms. The molecule has 1 aromatic carbocycles. The first-order valence-corrected chi connectivity index (χ1v) is 5.19. The number of benzene rings is 1. The van der Waals surface area contributed by atoms with Crippen molar-refractivity contribution in [1.82, 2.24) is 10.2 Å². The van der Waals surface area contributed by atoms with Crippen molar-refractivity contribution >= 4 is 23.3 Å². The number of alkyl halides is 1. The summed E-state index contributed by atoms with van der Waals surface area (Å²) in [7, 11) is 0. The summed E-state index contributed by atoms with van der Waals surface area (Å²) in [6.45, 7) is 1.67. The highest BCUT2D eigenvalue weighted by molar-refractivity contribution is 6.20. The standard InChI is InChI=1S/C10H8ClF2N3O/c1-5(11)9-15-16-10(17-9)14-8-3-6(12)2-7(13)4-8/h2-5H,1H3,(H,14,16). The third kappa shape index (κ3) is 2.91. The van der Waals surface area contributed by atoms with Gasteiger partial charge in [0.05, 0.1) is 0 Å². The maximum atomic E-state index is 12.9. The zero-order valence-electron chi connectivity index (χ0n) is 8.75. The van der Waals surface area contributed by atoms with Gasteiger partial charge < -0.3 is 9.73 Å². The smallest absolute Gasteiger partial charge is 0.320 e. The van der Waals surface area contributed by atoms with Crippen molar-refractivity contribution in [2.75, 3.05) is 5.32 Å². The number of nitrogens with one attached hydrogen (secondary N) is 1. The van der Waals surface area contributed by atoms with Crippen LogP contribution >= 0.6 is 11.6 Å². The van der Waals surface area contributed by atoms with Gasteiger partial charge in [-0.1, -0.05) is 5.10 Å². The molecule has 1 aromatic heterocycles. The van der Waals surface area contributed by atoms with Crippen molar-refractivity contribution in [1.29, 1.82) is 0 Å². The summed E-state index contributed by atoms with van der Waals surface area (Å²) < 4.78 is 30.9. The molecule has 1 unspecified atom stereocenters. The van der Waals surface area contributed by atoms with E-state index in [0.717, 1.165) is 18.2 Å². The summed E-state index contributed by atoms with van der Waals surface area (Å²) in [5.41, 5.74) is 0.180. The minimum Gasteiger partial charge on any atom is -0.406 e. The second-order valence-electron chi connectivity index (χ2n) is 3.34. The molecule has 17 heavy (non-hydrogen) atoms. The van der Waals surface area contributed by atoms with E-state index in [1.165, 1.54) is 0 Å². The lowest BCUT2D eigenvalue weighted by Crippen LogP contribution is -1.92. The van der Waals surface area contributed by atoms with Crippen LogP contribution in [-0.2, 0) is 0 Å². The number of nitrogens with zero attached hydrogens (tertiary/aromatic N) is 2. The van der Waals surface area contributed by atoms with Gasteiger partial charge in [-0.3, -0.25) is 0 Å². The predicted octanol–water partition coefficient (Wildman–Crippen LogP) is 3.39. The Bertz CT molecular complexity index is 510. The van der Waals surface area contributed by atoms with Gasteiger partial charge in [0.2, 0.25) is 5.89 Å². The van der Waals surface area contributed by atoms with E-state index in [2.05, 4.69) is 15.5 Å². The molecule has 0 aliphatic carbocycles. The highest BCUT2D eigenvalue weighted by Gasteiger charge is 2.11. The van der Waals surface area contributed by atoms with Crippen LogP contribution in [-0.4, -0.2) is 10.2 Å². The van der Waals surface area contributed by atoms with E-state index < -0.39 is 17.0 Å². The molecule has 1 heterocycles. The fourth-order valence-corrected chi connectivity index (χ4v) is 1.28. The topological polar surface area (TPSA) is 51.0 Å². The maximum absolute atomic E-state index is 12.9. The van der Waals surface area contributed by atoms with Crippen LogP contribution in [0.4, 0.5) is 20.5 Å². The average molecular weight is 260 g/mol. The maximum Gasteiger partial charge on any atom is 0.320 e. The molecule has 0 aliphatic rings. The van der Waals surface area contributed by atoms with Crippen LogP contribution in [0.25, 0.3) is 0 Å². The van der Waals surface area contributed by atoms with Crippen molar-refractivity contribution in [3.05, 3.63) is 35.7 Å². The molecule has 0 amide bonds. The molecule has 90 valence electrons. The highest BCUT2D eigenvalue weighted by atomic mass is 35.5. The summed E-state index contributed by atoms with van der Waals surface area (Å²) in [5, 5.41) is 9.45. The third-order valence-electron chi connectivity index (χ3n) is 1.89. The fourth-order valence-electron chi connectivity index (χ4n) is 1.20. The molecule has 2 rings (SSSR count). The Hall–Kier alpha value is -1.69.